The summed E-state index contributed by atoms with van der Waals surface area (Å²) < 4.78 is 0. The molecule has 4 nitrogen and oxygen atoms in total. The van der Waals surface area contributed by atoms with Crippen molar-refractivity contribution in [2.45, 2.75) is 20.3 Å². The van der Waals surface area contributed by atoms with Crippen molar-refractivity contribution >= 4 is 22.6 Å². The second-order valence-corrected chi connectivity index (χ2v) is 5.54. The van der Waals surface area contributed by atoms with Gasteiger partial charge in [-0.2, -0.15) is 0 Å². The molecule has 1 fully saturated rings. The number of fused-ring (bicyclic) bond motifs is 1. The SMILES string of the molecule is CCC(=O)N1CCN(c2cc(C)c3ccccc3n2)CC1. The Kier molecular flexibility index (Phi) is 3.78. The first-order valence-corrected chi connectivity index (χ1v) is 7.58. The van der Waals surface area contributed by atoms with Crippen molar-refractivity contribution in [3.63, 3.8) is 0 Å². The fourth-order valence-electron chi connectivity index (χ4n) is 2.90. The summed E-state index contributed by atoms with van der Waals surface area (Å²) in [5.41, 5.74) is 2.29. The summed E-state index contributed by atoms with van der Waals surface area (Å²) in [4.78, 5) is 20.7. The lowest BCUT2D eigenvalue weighted by Crippen LogP contribution is -2.48. The van der Waals surface area contributed by atoms with Gasteiger partial charge in [0.25, 0.3) is 0 Å². The van der Waals surface area contributed by atoms with E-state index in [9.17, 15) is 4.79 Å². The monoisotopic (exact) mass is 283 g/mol. The molecule has 0 spiro atoms. The maximum atomic E-state index is 11.7. The average Bonchev–Trinajstić information content (AvgIpc) is 2.54. The normalized spacial score (nSPS) is 15.5. The highest BCUT2D eigenvalue weighted by atomic mass is 16.2. The van der Waals surface area contributed by atoms with E-state index in [0.29, 0.717) is 6.42 Å². The minimum absolute atomic E-state index is 0.248. The minimum atomic E-state index is 0.248. The van der Waals surface area contributed by atoms with E-state index in [1.807, 2.05) is 24.0 Å². The van der Waals surface area contributed by atoms with Crippen LogP contribution in [0, 0.1) is 6.92 Å². The van der Waals surface area contributed by atoms with E-state index >= 15 is 0 Å². The molecule has 0 N–H and O–H groups in total. The number of pyridine rings is 1. The molecule has 0 atom stereocenters. The Morgan fingerprint density at radius 2 is 1.90 bits per heavy atom. The number of aromatic nitrogens is 1. The molecule has 1 saturated heterocycles. The van der Waals surface area contributed by atoms with E-state index in [1.54, 1.807) is 0 Å². The molecule has 1 aromatic heterocycles. The van der Waals surface area contributed by atoms with E-state index in [0.717, 1.165) is 37.5 Å². The molecule has 2 heterocycles. The third kappa shape index (κ3) is 2.71. The Morgan fingerprint density at radius 1 is 1.19 bits per heavy atom. The van der Waals surface area contributed by atoms with Crippen LogP contribution in [0.25, 0.3) is 10.9 Å². The third-order valence-electron chi connectivity index (χ3n) is 4.17. The number of carbonyl (C=O) groups is 1. The third-order valence-corrected chi connectivity index (χ3v) is 4.17. The van der Waals surface area contributed by atoms with E-state index in [1.165, 1.54) is 10.9 Å². The molecule has 0 unspecified atom stereocenters. The zero-order chi connectivity index (χ0) is 14.8. The fraction of sp³-hybridized carbons (Fsp3) is 0.412. The zero-order valence-corrected chi connectivity index (χ0v) is 12.7. The highest BCUT2D eigenvalue weighted by Crippen LogP contribution is 2.23. The van der Waals surface area contributed by atoms with Gasteiger partial charge >= 0.3 is 0 Å². The van der Waals surface area contributed by atoms with Crippen LogP contribution in [0.2, 0.25) is 0 Å². The van der Waals surface area contributed by atoms with Crippen LogP contribution in [0.4, 0.5) is 5.82 Å². The van der Waals surface area contributed by atoms with Gasteiger partial charge < -0.3 is 9.80 Å². The summed E-state index contributed by atoms with van der Waals surface area (Å²) in [5, 5.41) is 1.21. The van der Waals surface area contributed by atoms with Crippen molar-refractivity contribution in [3.8, 4) is 0 Å². The van der Waals surface area contributed by atoms with Crippen molar-refractivity contribution in [1.82, 2.24) is 9.88 Å². The zero-order valence-electron chi connectivity index (χ0n) is 12.7. The van der Waals surface area contributed by atoms with Gasteiger partial charge in [0.05, 0.1) is 5.52 Å². The summed E-state index contributed by atoms with van der Waals surface area (Å²) in [6.45, 7) is 7.35. The van der Waals surface area contributed by atoms with Gasteiger partial charge in [0.2, 0.25) is 5.91 Å². The van der Waals surface area contributed by atoms with Gasteiger partial charge in [0.1, 0.15) is 5.82 Å². The number of nitrogens with zero attached hydrogens (tertiary/aromatic N) is 3. The highest BCUT2D eigenvalue weighted by molar-refractivity contribution is 5.84. The predicted molar refractivity (Wildman–Crippen MR) is 85.6 cm³/mol. The molecule has 4 heteroatoms. The molecule has 0 saturated carbocycles. The molecule has 21 heavy (non-hydrogen) atoms. The van der Waals surface area contributed by atoms with Crippen molar-refractivity contribution in [1.29, 1.82) is 0 Å². The topological polar surface area (TPSA) is 36.4 Å². The number of piperazine rings is 1. The molecule has 110 valence electrons. The number of carbonyl (C=O) groups excluding carboxylic acids is 1. The predicted octanol–water partition coefficient (Wildman–Crippen LogP) is 2.60. The van der Waals surface area contributed by atoms with Crippen LogP contribution in [-0.2, 0) is 4.79 Å². The Hall–Kier alpha value is -2.10. The maximum Gasteiger partial charge on any atom is 0.222 e. The van der Waals surface area contributed by atoms with Crippen LogP contribution in [0.3, 0.4) is 0 Å². The summed E-state index contributed by atoms with van der Waals surface area (Å²) >= 11 is 0. The van der Waals surface area contributed by atoms with Crippen LogP contribution >= 0.6 is 0 Å². The summed E-state index contributed by atoms with van der Waals surface area (Å²) in [5.74, 6) is 1.27. The molecule has 3 rings (SSSR count). The van der Waals surface area contributed by atoms with Gasteiger partial charge in [-0.1, -0.05) is 25.1 Å². The second-order valence-electron chi connectivity index (χ2n) is 5.54. The first-order valence-electron chi connectivity index (χ1n) is 7.58. The van der Waals surface area contributed by atoms with E-state index < -0.39 is 0 Å². The average molecular weight is 283 g/mol. The van der Waals surface area contributed by atoms with Crippen LogP contribution in [0.1, 0.15) is 18.9 Å². The van der Waals surface area contributed by atoms with Gasteiger partial charge in [-0.3, -0.25) is 4.79 Å². The molecule has 1 aromatic carbocycles. The number of amides is 1. The number of rotatable bonds is 2. The fourth-order valence-corrected chi connectivity index (χ4v) is 2.90. The Balaban J connectivity index is 1.81. The van der Waals surface area contributed by atoms with Crippen LogP contribution < -0.4 is 4.90 Å². The lowest BCUT2D eigenvalue weighted by molar-refractivity contribution is -0.131. The number of anilines is 1. The minimum Gasteiger partial charge on any atom is -0.353 e. The lowest BCUT2D eigenvalue weighted by Gasteiger charge is -2.35. The summed E-state index contributed by atoms with van der Waals surface area (Å²) in [6.07, 6.45) is 0.591. The lowest BCUT2D eigenvalue weighted by atomic mass is 10.1. The Morgan fingerprint density at radius 3 is 2.62 bits per heavy atom. The quantitative estimate of drug-likeness (QED) is 0.850. The number of benzene rings is 1. The first kappa shape index (κ1) is 13.9. The van der Waals surface area contributed by atoms with Crippen LogP contribution in [0.5, 0.6) is 0 Å². The Labute approximate surface area is 125 Å². The second kappa shape index (κ2) is 5.72. The highest BCUT2D eigenvalue weighted by Gasteiger charge is 2.21. The largest absolute Gasteiger partial charge is 0.353 e. The number of aryl methyl sites for hydroxylation is 1. The van der Waals surface area contributed by atoms with Gasteiger partial charge in [0.15, 0.2) is 0 Å². The van der Waals surface area contributed by atoms with Gasteiger partial charge in [-0.25, -0.2) is 4.98 Å². The molecule has 2 aromatic rings. The molecular formula is C17H21N3O. The van der Waals surface area contributed by atoms with Crippen molar-refractivity contribution in [2.75, 3.05) is 31.1 Å². The molecule has 1 aliphatic heterocycles. The van der Waals surface area contributed by atoms with Gasteiger partial charge in [-0.05, 0) is 24.6 Å². The van der Waals surface area contributed by atoms with E-state index in [2.05, 4.69) is 30.0 Å². The van der Waals surface area contributed by atoms with Crippen molar-refractivity contribution in [3.05, 3.63) is 35.9 Å². The van der Waals surface area contributed by atoms with E-state index in [-0.39, 0.29) is 5.91 Å². The summed E-state index contributed by atoms with van der Waals surface area (Å²) in [7, 11) is 0. The number of hydrogen-bond acceptors (Lipinski definition) is 3. The standard InChI is InChI=1S/C17H21N3O/c1-3-17(21)20-10-8-19(9-11-20)16-12-13(2)14-6-4-5-7-15(14)18-16/h4-7,12H,3,8-11H2,1-2H3. The molecular weight excluding hydrogens is 262 g/mol. The number of para-hydroxylation sites is 1. The molecule has 0 bridgehead atoms. The maximum absolute atomic E-state index is 11.7. The molecule has 1 aliphatic rings. The van der Waals surface area contributed by atoms with Crippen LogP contribution in [-0.4, -0.2) is 42.0 Å². The molecule has 0 aliphatic carbocycles. The van der Waals surface area contributed by atoms with Gasteiger partial charge in [0, 0.05) is 38.0 Å². The molecule has 1 amide bonds. The van der Waals surface area contributed by atoms with Crippen LogP contribution in [0.15, 0.2) is 30.3 Å². The Bertz CT molecular complexity index is 660. The molecule has 0 radical (unpaired) electrons. The summed E-state index contributed by atoms with van der Waals surface area (Å²) in [6, 6.07) is 10.4. The van der Waals surface area contributed by atoms with Crippen molar-refractivity contribution in [2.24, 2.45) is 0 Å². The smallest absolute Gasteiger partial charge is 0.222 e. The van der Waals surface area contributed by atoms with Gasteiger partial charge in [-0.15, -0.1) is 0 Å². The number of hydrogen-bond donors (Lipinski definition) is 0. The van der Waals surface area contributed by atoms with Crippen molar-refractivity contribution < 1.29 is 4.79 Å². The first-order chi connectivity index (χ1) is 10.2. The van der Waals surface area contributed by atoms with E-state index in [4.69, 9.17) is 4.98 Å².